The summed E-state index contributed by atoms with van der Waals surface area (Å²) in [5.41, 5.74) is 2.11. The molecule has 3 aromatic rings. The number of anilines is 1. The largest absolute Gasteiger partial charge is 0.356 e. The van der Waals surface area contributed by atoms with Crippen LogP contribution in [0.1, 0.15) is 53.3 Å². The van der Waals surface area contributed by atoms with E-state index < -0.39 is 0 Å². The van der Waals surface area contributed by atoms with Crippen molar-refractivity contribution in [2.75, 3.05) is 31.1 Å². The molecule has 0 bridgehead atoms. The fourth-order valence-corrected chi connectivity index (χ4v) is 5.45. The Hall–Kier alpha value is -2.31. The van der Waals surface area contributed by atoms with Crippen molar-refractivity contribution in [3.63, 3.8) is 0 Å². The van der Waals surface area contributed by atoms with Gasteiger partial charge in [0.1, 0.15) is 16.5 Å². The number of carbonyl (C=O) groups is 1. The smallest absolute Gasteiger partial charge is 0.166 e. The van der Waals surface area contributed by atoms with Gasteiger partial charge in [-0.1, -0.05) is 44.2 Å². The molecule has 1 aliphatic heterocycles. The van der Waals surface area contributed by atoms with Crippen LogP contribution in [0, 0.1) is 19.8 Å². The number of Topliss-reactive ketones (excluding diaryl/α,β-unsaturated/α-hetero) is 1. The Kier molecular flexibility index (Phi) is 6.68. The van der Waals surface area contributed by atoms with E-state index in [0.29, 0.717) is 0 Å². The summed E-state index contributed by atoms with van der Waals surface area (Å²) in [4.78, 5) is 30.0. The molecular formula is C25H32N4OS. The Labute approximate surface area is 189 Å². The Morgan fingerprint density at radius 2 is 1.77 bits per heavy atom. The highest BCUT2D eigenvalue weighted by Crippen LogP contribution is 2.36. The predicted octanol–water partition coefficient (Wildman–Crippen LogP) is 5.25. The van der Waals surface area contributed by atoms with Crippen molar-refractivity contribution in [3.05, 3.63) is 52.2 Å². The second-order valence-electron chi connectivity index (χ2n) is 8.38. The van der Waals surface area contributed by atoms with Crippen LogP contribution in [0.5, 0.6) is 0 Å². The summed E-state index contributed by atoms with van der Waals surface area (Å²) in [6, 6.07) is 9.71. The molecule has 4 rings (SSSR count). The van der Waals surface area contributed by atoms with Gasteiger partial charge in [0.25, 0.3) is 0 Å². The van der Waals surface area contributed by atoms with E-state index in [0.717, 1.165) is 67.6 Å². The highest BCUT2D eigenvalue weighted by atomic mass is 32.1. The number of ketones is 1. The van der Waals surface area contributed by atoms with E-state index in [4.69, 9.17) is 9.97 Å². The summed E-state index contributed by atoms with van der Waals surface area (Å²) in [5, 5.41) is 1.19. The normalized spacial score (nSPS) is 15.2. The third-order valence-corrected chi connectivity index (χ3v) is 7.64. The molecule has 0 radical (unpaired) electrons. The van der Waals surface area contributed by atoms with Gasteiger partial charge in [0, 0.05) is 29.4 Å². The minimum absolute atomic E-state index is 0.0939. The van der Waals surface area contributed by atoms with Crippen LogP contribution in [0.25, 0.3) is 10.2 Å². The molecule has 0 aliphatic carbocycles. The summed E-state index contributed by atoms with van der Waals surface area (Å²) in [7, 11) is 0. The first-order chi connectivity index (χ1) is 15.0. The van der Waals surface area contributed by atoms with Gasteiger partial charge < -0.3 is 4.90 Å². The summed E-state index contributed by atoms with van der Waals surface area (Å²) in [6.07, 6.45) is 1.74. The van der Waals surface area contributed by atoms with Crippen LogP contribution in [0.4, 0.5) is 5.82 Å². The molecule has 1 saturated heterocycles. The number of rotatable bonds is 7. The number of piperidine rings is 1. The van der Waals surface area contributed by atoms with E-state index in [1.807, 2.05) is 30.3 Å². The van der Waals surface area contributed by atoms with Crippen molar-refractivity contribution in [3.8, 4) is 0 Å². The van der Waals surface area contributed by atoms with Crippen molar-refractivity contribution in [2.45, 2.75) is 47.1 Å². The summed E-state index contributed by atoms with van der Waals surface area (Å²) < 4.78 is 0. The van der Waals surface area contributed by atoms with Crippen molar-refractivity contribution in [1.82, 2.24) is 14.9 Å². The topological polar surface area (TPSA) is 49.3 Å². The fourth-order valence-electron chi connectivity index (χ4n) is 4.41. The lowest BCUT2D eigenvalue weighted by atomic mass is 9.89. The lowest BCUT2D eigenvalue weighted by molar-refractivity contribution is 0.0900. The zero-order valence-electron chi connectivity index (χ0n) is 19.0. The van der Waals surface area contributed by atoms with Gasteiger partial charge in [-0.2, -0.15) is 0 Å². The molecule has 31 heavy (non-hydrogen) atoms. The molecule has 1 aliphatic rings. The number of aryl methyl sites for hydroxylation is 2. The third-order valence-electron chi connectivity index (χ3n) is 6.54. The molecule has 2 aromatic heterocycles. The Morgan fingerprint density at radius 3 is 2.42 bits per heavy atom. The fraction of sp³-hybridized carbons (Fsp3) is 0.480. The lowest BCUT2D eigenvalue weighted by Gasteiger charge is -2.33. The maximum absolute atomic E-state index is 12.9. The van der Waals surface area contributed by atoms with Gasteiger partial charge in [0.15, 0.2) is 5.78 Å². The average Bonchev–Trinajstić information content (AvgIpc) is 3.10. The number of nitrogens with zero attached hydrogens (tertiary/aromatic N) is 4. The molecular weight excluding hydrogens is 404 g/mol. The van der Waals surface area contributed by atoms with Gasteiger partial charge in [-0.05, 0) is 45.3 Å². The highest BCUT2D eigenvalue weighted by Gasteiger charge is 2.28. The first kappa shape index (κ1) is 21.9. The molecule has 6 heteroatoms. The highest BCUT2D eigenvalue weighted by molar-refractivity contribution is 7.18. The molecule has 3 heterocycles. The second kappa shape index (κ2) is 9.45. The summed E-state index contributed by atoms with van der Waals surface area (Å²) in [6.45, 7) is 13.2. The van der Waals surface area contributed by atoms with Crippen LogP contribution in [0.3, 0.4) is 0 Å². The molecule has 1 aromatic carbocycles. The van der Waals surface area contributed by atoms with Crippen LogP contribution in [0.2, 0.25) is 0 Å². The van der Waals surface area contributed by atoms with E-state index in [2.05, 4.69) is 37.5 Å². The van der Waals surface area contributed by atoms with Gasteiger partial charge in [-0.25, -0.2) is 9.97 Å². The molecule has 0 atom stereocenters. The van der Waals surface area contributed by atoms with Gasteiger partial charge in [-0.3, -0.25) is 9.69 Å². The Bertz CT molecular complexity index is 1050. The van der Waals surface area contributed by atoms with E-state index in [1.165, 1.54) is 15.8 Å². The first-order valence-electron chi connectivity index (χ1n) is 11.3. The molecule has 0 amide bonds. The van der Waals surface area contributed by atoms with Crippen LogP contribution in [0.15, 0.2) is 30.3 Å². The average molecular weight is 437 g/mol. The molecule has 164 valence electrons. The molecule has 1 fully saturated rings. The maximum Gasteiger partial charge on any atom is 0.166 e. The maximum atomic E-state index is 12.9. The number of benzene rings is 1. The van der Waals surface area contributed by atoms with Crippen LogP contribution in [-0.2, 0) is 6.54 Å². The molecule has 0 spiro atoms. The van der Waals surface area contributed by atoms with E-state index in [9.17, 15) is 4.79 Å². The van der Waals surface area contributed by atoms with Gasteiger partial charge in [0.05, 0.1) is 11.9 Å². The molecule has 5 nitrogen and oxygen atoms in total. The number of carbonyl (C=O) groups excluding carboxylic acids is 1. The van der Waals surface area contributed by atoms with E-state index in [1.54, 1.807) is 11.3 Å². The first-order valence-corrected chi connectivity index (χ1v) is 12.2. The molecule has 0 unspecified atom stereocenters. The summed E-state index contributed by atoms with van der Waals surface area (Å²) >= 11 is 1.77. The standard InChI is InChI=1S/C25H32N4OS/c1-5-28(6-2)16-21-26-24(22-17(3)18(4)31-25(22)27-21)29-14-12-20(13-15-29)23(30)19-10-8-7-9-11-19/h7-11,20H,5-6,12-16H2,1-4H3. The van der Waals surface area contributed by atoms with Crippen LogP contribution < -0.4 is 4.90 Å². The zero-order valence-corrected chi connectivity index (χ0v) is 19.8. The van der Waals surface area contributed by atoms with E-state index >= 15 is 0 Å². The minimum atomic E-state index is 0.0939. The number of fused-ring (bicyclic) bond motifs is 1. The third kappa shape index (κ3) is 4.51. The monoisotopic (exact) mass is 436 g/mol. The number of hydrogen-bond acceptors (Lipinski definition) is 6. The van der Waals surface area contributed by atoms with Gasteiger partial charge in [0.2, 0.25) is 0 Å². The summed E-state index contributed by atoms with van der Waals surface area (Å²) in [5.74, 6) is 2.32. The lowest BCUT2D eigenvalue weighted by Crippen LogP contribution is -2.37. The molecule has 0 N–H and O–H groups in total. The number of thiophene rings is 1. The van der Waals surface area contributed by atoms with Crippen molar-refractivity contribution < 1.29 is 4.79 Å². The van der Waals surface area contributed by atoms with Crippen molar-refractivity contribution in [1.29, 1.82) is 0 Å². The number of hydrogen-bond donors (Lipinski definition) is 0. The van der Waals surface area contributed by atoms with E-state index in [-0.39, 0.29) is 11.7 Å². The Balaban J connectivity index is 1.59. The predicted molar refractivity (Wildman–Crippen MR) is 129 cm³/mol. The molecule has 0 saturated carbocycles. The SMILES string of the molecule is CCN(CC)Cc1nc(N2CCC(C(=O)c3ccccc3)CC2)c2c(C)c(C)sc2n1. The second-order valence-corrected chi connectivity index (χ2v) is 9.58. The van der Waals surface area contributed by atoms with Gasteiger partial charge in [-0.15, -0.1) is 11.3 Å². The number of aromatic nitrogens is 2. The minimum Gasteiger partial charge on any atom is -0.356 e. The van der Waals surface area contributed by atoms with Crippen molar-refractivity contribution in [2.24, 2.45) is 5.92 Å². The van der Waals surface area contributed by atoms with Crippen molar-refractivity contribution >= 4 is 33.2 Å². The van der Waals surface area contributed by atoms with Gasteiger partial charge >= 0.3 is 0 Å². The zero-order chi connectivity index (χ0) is 22.0. The quantitative estimate of drug-likeness (QED) is 0.474. The Morgan fingerprint density at radius 1 is 1.10 bits per heavy atom. The van der Waals surface area contributed by atoms with Crippen LogP contribution >= 0.6 is 11.3 Å². The van der Waals surface area contributed by atoms with Crippen LogP contribution in [-0.4, -0.2) is 46.8 Å².